The molecule has 1 aliphatic heterocycles. The molecule has 0 spiro atoms. The van der Waals surface area contributed by atoms with E-state index in [-0.39, 0.29) is 11.6 Å². The van der Waals surface area contributed by atoms with Gasteiger partial charge in [-0.25, -0.2) is 9.97 Å². The summed E-state index contributed by atoms with van der Waals surface area (Å²) in [5.41, 5.74) is 0.755. The number of aromatic nitrogens is 5. The Balaban J connectivity index is 1.69. The lowest BCUT2D eigenvalue weighted by Gasteiger charge is -2.33. The summed E-state index contributed by atoms with van der Waals surface area (Å²) in [6, 6.07) is 7.68. The van der Waals surface area contributed by atoms with E-state index in [1.807, 2.05) is 31.2 Å². The zero-order chi connectivity index (χ0) is 17.4. The predicted octanol–water partition coefficient (Wildman–Crippen LogP) is 2.09. The van der Waals surface area contributed by atoms with Gasteiger partial charge in [0.2, 0.25) is 0 Å². The number of benzene rings is 1. The molecule has 1 aliphatic rings. The molecule has 1 aromatic carbocycles. The second kappa shape index (κ2) is 6.40. The number of aromatic amines is 1. The molecule has 1 atom stereocenters. The first-order valence-electron chi connectivity index (χ1n) is 8.71. The maximum Gasteiger partial charge on any atom is 0.261 e. The van der Waals surface area contributed by atoms with Gasteiger partial charge in [0, 0.05) is 7.05 Å². The summed E-state index contributed by atoms with van der Waals surface area (Å²) in [6.45, 7) is 3.49. The van der Waals surface area contributed by atoms with Crippen LogP contribution in [0.5, 0.6) is 0 Å². The summed E-state index contributed by atoms with van der Waals surface area (Å²) in [4.78, 5) is 24.2. The second-order valence-corrected chi connectivity index (χ2v) is 6.67. The SMILES string of the molecule is Cc1nc(C2CCCCN2Cc2nc3ccccc3c(=O)n2C)n[nH]1. The van der Waals surface area contributed by atoms with Crippen molar-refractivity contribution in [3.8, 4) is 0 Å². The number of hydrogen-bond acceptors (Lipinski definition) is 5. The van der Waals surface area contributed by atoms with E-state index in [0.717, 1.165) is 42.4 Å². The Morgan fingerprint density at radius 3 is 2.88 bits per heavy atom. The van der Waals surface area contributed by atoms with Crippen molar-refractivity contribution in [2.45, 2.75) is 38.8 Å². The standard InChI is InChI=1S/C18H22N6O/c1-12-19-17(22-21-12)15-9-5-6-10-24(15)11-16-20-14-8-4-3-7-13(14)18(25)23(16)2/h3-4,7-8,15H,5-6,9-11H2,1-2H3,(H,19,21,22). The third kappa shape index (κ3) is 2.95. The molecule has 3 heterocycles. The lowest BCUT2D eigenvalue weighted by atomic mass is 10.0. The summed E-state index contributed by atoms with van der Waals surface area (Å²) < 4.78 is 1.66. The van der Waals surface area contributed by atoms with Crippen molar-refractivity contribution in [2.75, 3.05) is 6.54 Å². The van der Waals surface area contributed by atoms with E-state index in [9.17, 15) is 4.79 Å². The van der Waals surface area contributed by atoms with E-state index in [1.165, 1.54) is 6.42 Å². The minimum atomic E-state index is 0.00268. The van der Waals surface area contributed by atoms with E-state index in [4.69, 9.17) is 4.98 Å². The lowest BCUT2D eigenvalue weighted by Crippen LogP contribution is -2.36. The molecule has 2 aromatic heterocycles. The molecule has 0 radical (unpaired) electrons. The molecule has 0 bridgehead atoms. The number of likely N-dealkylation sites (tertiary alicyclic amines) is 1. The molecule has 1 fully saturated rings. The number of nitrogens with one attached hydrogen (secondary N) is 1. The van der Waals surface area contributed by atoms with Gasteiger partial charge >= 0.3 is 0 Å². The lowest BCUT2D eigenvalue weighted by molar-refractivity contribution is 0.129. The molecule has 0 amide bonds. The first-order valence-corrected chi connectivity index (χ1v) is 8.71. The molecule has 4 rings (SSSR count). The average Bonchev–Trinajstić information content (AvgIpc) is 3.06. The first-order chi connectivity index (χ1) is 12.1. The molecule has 1 unspecified atom stereocenters. The van der Waals surface area contributed by atoms with Crippen molar-refractivity contribution in [2.24, 2.45) is 7.05 Å². The van der Waals surface area contributed by atoms with Gasteiger partial charge in [-0.2, -0.15) is 5.10 Å². The number of piperidine rings is 1. The molecule has 0 saturated carbocycles. The molecule has 1 N–H and O–H groups in total. The Hall–Kier alpha value is -2.54. The smallest absolute Gasteiger partial charge is 0.261 e. The van der Waals surface area contributed by atoms with Crippen LogP contribution in [0.15, 0.2) is 29.1 Å². The van der Waals surface area contributed by atoms with Crippen molar-refractivity contribution in [3.63, 3.8) is 0 Å². The zero-order valence-corrected chi connectivity index (χ0v) is 14.6. The maximum atomic E-state index is 12.6. The molecule has 1 saturated heterocycles. The van der Waals surface area contributed by atoms with Crippen LogP contribution in [0.2, 0.25) is 0 Å². The Morgan fingerprint density at radius 2 is 2.08 bits per heavy atom. The molecule has 0 aliphatic carbocycles. The molecule has 3 aromatic rings. The van der Waals surface area contributed by atoms with Crippen molar-refractivity contribution >= 4 is 10.9 Å². The van der Waals surface area contributed by atoms with E-state index in [1.54, 1.807) is 11.6 Å². The van der Waals surface area contributed by atoms with Gasteiger partial charge in [0.1, 0.15) is 11.6 Å². The maximum absolute atomic E-state index is 12.6. The summed E-state index contributed by atoms with van der Waals surface area (Å²) in [5, 5.41) is 7.95. The summed E-state index contributed by atoms with van der Waals surface area (Å²) in [5.74, 6) is 2.45. The van der Waals surface area contributed by atoms with Crippen LogP contribution >= 0.6 is 0 Å². The topological polar surface area (TPSA) is 79.7 Å². The number of para-hydroxylation sites is 1. The van der Waals surface area contributed by atoms with E-state index >= 15 is 0 Å². The molecular weight excluding hydrogens is 316 g/mol. The summed E-state index contributed by atoms with van der Waals surface area (Å²) in [6.07, 6.45) is 3.33. The highest BCUT2D eigenvalue weighted by Gasteiger charge is 2.28. The van der Waals surface area contributed by atoms with Gasteiger partial charge in [-0.3, -0.25) is 19.4 Å². The van der Waals surface area contributed by atoms with Crippen LogP contribution in [0.1, 0.15) is 42.8 Å². The minimum Gasteiger partial charge on any atom is -0.298 e. The van der Waals surface area contributed by atoms with Gasteiger partial charge in [0.15, 0.2) is 5.82 Å². The van der Waals surface area contributed by atoms with Gasteiger partial charge in [0.05, 0.1) is 23.5 Å². The molecule has 130 valence electrons. The molecular formula is C18H22N6O. The van der Waals surface area contributed by atoms with Gasteiger partial charge < -0.3 is 0 Å². The third-order valence-electron chi connectivity index (χ3n) is 4.95. The Bertz CT molecular complexity index is 960. The van der Waals surface area contributed by atoms with E-state index in [2.05, 4.69) is 20.1 Å². The Kier molecular flexibility index (Phi) is 4.09. The second-order valence-electron chi connectivity index (χ2n) is 6.67. The third-order valence-corrected chi connectivity index (χ3v) is 4.95. The molecule has 25 heavy (non-hydrogen) atoms. The van der Waals surface area contributed by atoms with Crippen LogP contribution in [0.25, 0.3) is 10.9 Å². The Labute approximate surface area is 145 Å². The van der Waals surface area contributed by atoms with Crippen LogP contribution in [-0.2, 0) is 13.6 Å². The number of hydrogen-bond donors (Lipinski definition) is 1. The first kappa shape index (κ1) is 16.0. The van der Waals surface area contributed by atoms with Crippen molar-refractivity contribution in [3.05, 3.63) is 52.1 Å². The normalized spacial score (nSPS) is 18.7. The van der Waals surface area contributed by atoms with Gasteiger partial charge in [-0.15, -0.1) is 0 Å². The number of fused-ring (bicyclic) bond motifs is 1. The highest BCUT2D eigenvalue weighted by atomic mass is 16.1. The van der Waals surface area contributed by atoms with Crippen molar-refractivity contribution in [1.29, 1.82) is 0 Å². The highest BCUT2D eigenvalue weighted by Crippen LogP contribution is 2.29. The van der Waals surface area contributed by atoms with Crippen LogP contribution in [0.4, 0.5) is 0 Å². The fourth-order valence-corrected chi connectivity index (χ4v) is 3.57. The van der Waals surface area contributed by atoms with Crippen LogP contribution in [0.3, 0.4) is 0 Å². The van der Waals surface area contributed by atoms with E-state index < -0.39 is 0 Å². The number of nitrogens with zero attached hydrogens (tertiary/aromatic N) is 5. The van der Waals surface area contributed by atoms with Crippen LogP contribution < -0.4 is 5.56 Å². The van der Waals surface area contributed by atoms with Crippen molar-refractivity contribution in [1.82, 2.24) is 29.6 Å². The monoisotopic (exact) mass is 338 g/mol. The number of rotatable bonds is 3. The fourth-order valence-electron chi connectivity index (χ4n) is 3.57. The summed E-state index contributed by atoms with van der Waals surface area (Å²) in [7, 11) is 1.80. The largest absolute Gasteiger partial charge is 0.298 e. The number of aryl methyl sites for hydroxylation is 1. The predicted molar refractivity (Wildman–Crippen MR) is 95.1 cm³/mol. The van der Waals surface area contributed by atoms with Crippen LogP contribution in [0, 0.1) is 6.92 Å². The van der Waals surface area contributed by atoms with Gasteiger partial charge in [-0.1, -0.05) is 18.6 Å². The molecule has 7 heteroatoms. The molecule has 7 nitrogen and oxygen atoms in total. The highest BCUT2D eigenvalue weighted by molar-refractivity contribution is 5.77. The number of H-pyrrole nitrogens is 1. The quantitative estimate of drug-likeness (QED) is 0.791. The zero-order valence-electron chi connectivity index (χ0n) is 14.6. The Morgan fingerprint density at radius 1 is 1.24 bits per heavy atom. The summed E-state index contributed by atoms with van der Waals surface area (Å²) >= 11 is 0. The van der Waals surface area contributed by atoms with E-state index in [0.29, 0.717) is 11.9 Å². The average molecular weight is 338 g/mol. The minimum absolute atomic E-state index is 0.00268. The van der Waals surface area contributed by atoms with Crippen molar-refractivity contribution < 1.29 is 0 Å². The fraction of sp³-hybridized carbons (Fsp3) is 0.444. The van der Waals surface area contributed by atoms with Crippen LogP contribution in [-0.4, -0.2) is 36.2 Å². The van der Waals surface area contributed by atoms with Gasteiger partial charge in [-0.05, 0) is 38.4 Å². The van der Waals surface area contributed by atoms with Gasteiger partial charge in [0.25, 0.3) is 5.56 Å².